The van der Waals surface area contributed by atoms with Crippen LogP contribution in [0, 0.1) is 5.82 Å². The molecule has 1 aromatic rings. The molecule has 0 saturated heterocycles. The molecule has 2 amide bonds. The average Bonchev–Trinajstić information content (AvgIpc) is 2.50. The molecule has 2 N–H and O–H groups in total. The standard InChI is InChI=1S/C17H22ClFN2O4/c1-6-24-16(22)10(4)11(5)20-17(23)21-14-8-15(25-9(2)3)12(18)7-13(14)19/h7-9H,6H2,1-5H3,(H2,20,21,23). The largest absolute Gasteiger partial charge is 0.489 e. The smallest absolute Gasteiger partial charge is 0.335 e. The van der Waals surface area contributed by atoms with Gasteiger partial charge >= 0.3 is 12.0 Å². The summed E-state index contributed by atoms with van der Waals surface area (Å²) in [4.78, 5) is 23.6. The number of amides is 2. The number of benzene rings is 1. The summed E-state index contributed by atoms with van der Waals surface area (Å²) in [5.74, 6) is -0.992. The molecule has 0 heterocycles. The van der Waals surface area contributed by atoms with Crippen LogP contribution in [0.2, 0.25) is 5.02 Å². The molecule has 0 radical (unpaired) electrons. The van der Waals surface area contributed by atoms with Gasteiger partial charge in [-0.2, -0.15) is 0 Å². The first-order chi connectivity index (χ1) is 11.6. The normalized spacial score (nSPS) is 11.7. The van der Waals surface area contributed by atoms with E-state index in [4.69, 9.17) is 21.1 Å². The first kappa shape index (κ1) is 20.8. The summed E-state index contributed by atoms with van der Waals surface area (Å²) in [5, 5.41) is 4.92. The minimum absolute atomic E-state index is 0.0980. The van der Waals surface area contributed by atoms with Crippen LogP contribution in [0.25, 0.3) is 0 Å². The van der Waals surface area contributed by atoms with E-state index in [-0.39, 0.29) is 34.7 Å². The average molecular weight is 373 g/mol. The Hall–Kier alpha value is -2.28. The number of nitrogens with one attached hydrogen (secondary N) is 2. The molecule has 0 aliphatic rings. The van der Waals surface area contributed by atoms with Crippen LogP contribution in [0.15, 0.2) is 23.4 Å². The minimum Gasteiger partial charge on any atom is -0.489 e. The lowest BCUT2D eigenvalue weighted by molar-refractivity contribution is -0.138. The lowest BCUT2D eigenvalue weighted by Gasteiger charge is -2.15. The molecular weight excluding hydrogens is 351 g/mol. The molecule has 0 unspecified atom stereocenters. The fraction of sp³-hybridized carbons (Fsp3) is 0.412. The van der Waals surface area contributed by atoms with Crippen LogP contribution >= 0.6 is 11.6 Å². The number of esters is 1. The Morgan fingerprint density at radius 1 is 1.28 bits per heavy atom. The Balaban J connectivity index is 2.90. The van der Waals surface area contributed by atoms with Gasteiger partial charge in [0.15, 0.2) is 0 Å². The number of allylic oxidation sites excluding steroid dienone is 1. The Labute approximate surface area is 151 Å². The lowest BCUT2D eigenvalue weighted by atomic mass is 10.2. The van der Waals surface area contributed by atoms with Gasteiger partial charge in [0, 0.05) is 11.8 Å². The summed E-state index contributed by atoms with van der Waals surface area (Å²) in [7, 11) is 0. The summed E-state index contributed by atoms with van der Waals surface area (Å²) in [6.45, 7) is 8.56. The molecule has 1 rings (SSSR count). The Bertz CT molecular complexity index is 689. The van der Waals surface area contributed by atoms with Gasteiger partial charge in [-0.25, -0.2) is 14.0 Å². The van der Waals surface area contributed by atoms with Crippen molar-refractivity contribution in [2.45, 2.75) is 40.7 Å². The third-order valence-corrected chi connectivity index (χ3v) is 3.37. The second-order valence-corrected chi connectivity index (χ2v) is 5.89. The third-order valence-electron chi connectivity index (χ3n) is 3.08. The van der Waals surface area contributed by atoms with Crippen LogP contribution in [-0.2, 0) is 9.53 Å². The highest BCUT2D eigenvalue weighted by Crippen LogP contribution is 2.31. The maximum absolute atomic E-state index is 14.0. The Morgan fingerprint density at radius 3 is 2.48 bits per heavy atom. The zero-order valence-electron chi connectivity index (χ0n) is 14.8. The molecule has 0 atom stereocenters. The van der Waals surface area contributed by atoms with Gasteiger partial charge in [-0.15, -0.1) is 0 Å². The second kappa shape index (κ2) is 9.27. The van der Waals surface area contributed by atoms with E-state index in [9.17, 15) is 14.0 Å². The molecule has 0 aliphatic carbocycles. The molecule has 0 fully saturated rings. The van der Waals surface area contributed by atoms with Crippen LogP contribution in [0.4, 0.5) is 14.9 Å². The minimum atomic E-state index is -0.710. The molecule has 25 heavy (non-hydrogen) atoms. The highest BCUT2D eigenvalue weighted by Gasteiger charge is 2.15. The van der Waals surface area contributed by atoms with Crippen molar-refractivity contribution in [3.05, 3.63) is 34.2 Å². The van der Waals surface area contributed by atoms with E-state index in [0.29, 0.717) is 5.70 Å². The molecule has 1 aromatic carbocycles. The van der Waals surface area contributed by atoms with E-state index >= 15 is 0 Å². The van der Waals surface area contributed by atoms with Crippen LogP contribution < -0.4 is 15.4 Å². The number of rotatable bonds is 6. The van der Waals surface area contributed by atoms with E-state index in [2.05, 4.69) is 10.6 Å². The van der Waals surface area contributed by atoms with Crippen molar-refractivity contribution >= 4 is 29.3 Å². The fourth-order valence-electron chi connectivity index (χ4n) is 1.78. The van der Waals surface area contributed by atoms with Crippen LogP contribution in [0.1, 0.15) is 34.6 Å². The predicted octanol–water partition coefficient (Wildman–Crippen LogP) is 4.24. The van der Waals surface area contributed by atoms with Crippen molar-refractivity contribution in [2.24, 2.45) is 0 Å². The number of urea groups is 1. The maximum Gasteiger partial charge on any atom is 0.335 e. The van der Waals surface area contributed by atoms with Gasteiger partial charge in [0.05, 0.1) is 29.0 Å². The van der Waals surface area contributed by atoms with E-state index in [0.717, 1.165) is 6.07 Å². The molecule has 6 nitrogen and oxygen atoms in total. The third kappa shape index (κ3) is 6.26. The van der Waals surface area contributed by atoms with Gasteiger partial charge in [-0.05, 0) is 40.7 Å². The Morgan fingerprint density at radius 2 is 1.92 bits per heavy atom. The molecule has 0 saturated carbocycles. The van der Waals surface area contributed by atoms with Gasteiger partial charge in [0.2, 0.25) is 0 Å². The summed E-state index contributed by atoms with van der Waals surface area (Å²) in [6, 6.07) is 1.65. The molecule has 0 aliphatic heterocycles. The highest BCUT2D eigenvalue weighted by atomic mass is 35.5. The monoisotopic (exact) mass is 372 g/mol. The summed E-state index contributed by atoms with van der Waals surface area (Å²) in [5.41, 5.74) is 0.445. The molecule has 0 bridgehead atoms. The van der Waals surface area contributed by atoms with Crippen molar-refractivity contribution in [1.82, 2.24) is 5.32 Å². The molecule has 0 spiro atoms. The van der Waals surface area contributed by atoms with Crippen LogP contribution in [-0.4, -0.2) is 24.7 Å². The zero-order valence-corrected chi connectivity index (χ0v) is 15.6. The van der Waals surface area contributed by atoms with Gasteiger partial charge in [-0.3, -0.25) is 0 Å². The molecule has 138 valence electrons. The molecule has 8 heteroatoms. The quantitative estimate of drug-likeness (QED) is 0.578. The van der Waals surface area contributed by atoms with Crippen molar-refractivity contribution in [3.8, 4) is 5.75 Å². The topological polar surface area (TPSA) is 76.7 Å². The summed E-state index contributed by atoms with van der Waals surface area (Å²) in [6.07, 6.45) is -0.165. The highest BCUT2D eigenvalue weighted by molar-refractivity contribution is 6.32. The zero-order chi connectivity index (χ0) is 19.1. The second-order valence-electron chi connectivity index (χ2n) is 5.48. The number of carbonyl (C=O) groups is 2. The summed E-state index contributed by atoms with van der Waals surface area (Å²) < 4.78 is 24.3. The van der Waals surface area contributed by atoms with Gasteiger partial charge in [0.25, 0.3) is 0 Å². The van der Waals surface area contributed by atoms with Gasteiger partial charge < -0.3 is 20.1 Å². The maximum atomic E-state index is 14.0. The SMILES string of the molecule is CCOC(=O)C(C)=C(C)NC(=O)Nc1cc(OC(C)C)c(Cl)cc1F. The van der Waals surface area contributed by atoms with Crippen molar-refractivity contribution in [3.63, 3.8) is 0 Å². The number of halogens is 2. The molecule has 0 aromatic heterocycles. The number of hydrogen-bond acceptors (Lipinski definition) is 4. The number of hydrogen-bond donors (Lipinski definition) is 2. The number of carbonyl (C=O) groups excluding carboxylic acids is 2. The first-order valence-electron chi connectivity index (χ1n) is 7.74. The first-order valence-corrected chi connectivity index (χ1v) is 8.11. The van der Waals surface area contributed by atoms with Crippen molar-refractivity contribution in [2.75, 3.05) is 11.9 Å². The van der Waals surface area contributed by atoms with Crippen LogP contribution in [0.3, 0.4) is 0 Å². The van der Waals surface area contributed by atoms with E-state index in [1.54, 1.807) is 20.8 Å². The van der Waals surface area contributed by atoms with E-state index in [1.807, 2.05) is 0 Å². The van der Waals surface area contributed by atoms with Crippen LogP contribution in [0.5, 0.6) is 5.75 Å². The van der Waals surface area contributed by atoms with Gasteiger partial charge in [-0.1, -0.05) is 11.6 Å². The van der Waals surface area contributed by atoms with Crippen molar-refractivity contribution in [1.29, 1.82) is 0 Å². The van der Waals surface area contributed by atoms with E-state index < -0.39 is 17.8 Å². The van der Waals surface area contributed by atoms with Gasteiger partial charge in [0.1, 0.15) is 11.6 Å². The molecular formula is C17H22ClFN2O4. The lowest BCUT2D eigenvalue weighted by Crippen LogP contribution is -2.29. The fourth-order valence-corrected chi connectivity index (χ4v) is 1.97. The van der Waals surface area contributed by atoms with Crippen molar-refractivity contribution < 1.29 is 23.5 Å². The summed E-state index contributed by atoms with van der Waals surface area (Å²) >= 11 is 5.92. The predicted molar refractivity (Wildman–Crippen MR) is 94.3 cm³/mol. The number of ether oxygens (including phenoxy) is 2. The number of anilines is 1. The van der Waals surface area contributed by atoms with E-state index in [1.165, 1.54) is 19.9 Å². The Kier molecular flexibility index (Phi) is 7.70.